The second-order valence-electron chi connectivity index (χ2n) is 6.60. The first-order chi connectivity index (χ1) is 13.0. The van der Waals surface area contributed by atoms with Crippen LogP contribution in [0.15, 0.2) is 54.6 Å². The normalized spacial score (nSPS) is 16.2. The van der Waals surface area contributed by atoms with E-state index in [4.69, 9.17) is 0 Å². The van der Waals surface area contributed by atoms with Gasteiger partial charge < -0.3 is 5.32 Å². The summed E-state index contributed by atoms with van der Waals surface area (Å²) >= 11 is 0. The van der Waals surface area contributed by atoms with E-state index in [1.54, 1.807) is 17.3 Å². The number of carbonyl (C=O) groups is 1. The number of piperazine rings is 1. The Balaban J connectivity index is 1.59. The fraction of sp³-hybridized carbons (Fsp3) is 0.350. The summed E-state index contributed by atoms with van der Waals surface area (Å²) in [5, 5.41) is 2.89. The molecule has 144 valence electrons. The molecule has 0 unspecified atom stereocenters. The summed E-state index contributed by atoms with van der Waals surface area (Å²) < 4.78 is 25.5. The average Bonchev–Trinajstić information content (AvgIpc) is 2.69. The van der Waals surface area contributed by atoms with Crippen molar-refractivity contribution in [2.75, 3.05) is 37.2 Å². The molecular formula is C20H25N3O3S. The highest BCUT2D eigenvalue weighted by Crippen LogP contribution is 2.14. The summed E-state index contributed by atoms with van der Waals surface area (Å²) in [6, 6.07) is 16.9. The number of hydrogen-bond donors (Lipinski definition) is 1. The van der Waals surface area contributed by atoms with Gasteiger partial charge in [0.2, 0.25) is 10.0 Å². The van der Waals surface area contributed by atoms with Gasteiger partial charge in [-0.15, -0.1) is 0 Å². The molecule has 3 rings (SSSR count). The van der Waals surface area contributed by atoms with Crippen LogP contribution in [0.1, 0.15) is 22.8 Å². The highest BCUT2D eigenvalue weighted by molar-refractivity contribution is 7.89. The van der Waals surface area contributed by atoms with Crippen LogP contribution in [0.4, 0.5) is 5.69 Å². The largest absolute Gasteiger partial charge is 0.322 e. The van der Waals surface area contributed by atoms with Crippen molar-refractivity contribution in [1.82, 2.24) is 9.21 Å². The van der Waals surface area contributed by atoms with Crippen LogP contribution in [0.25, 0.3) is 0 Å². The maximum Gasteiger partial charge on any atom is 0.255 e. The number of nitrogens with one attached hydrogen (secondary N) is 1. The molecule has 1 N–H and O–H groups in total. The van der Waals surface area contributed by atoms with Crippen molar-refractivity contribution < 1.29 is 13.2 Å². The number of carbonyl (C=O) groups excluding carboxylic acids is 1. The van der Waals surface area contributed by atoms with Crippen molar-refractivity contribution in [1.29, 1.82) is 0 Å². The zero-order valence-corrected chi connectivity index (χ0v) is 16.3. The van der Waals surface area contributed by atoms with Gasteiger partial charge in [0.25, 0.3) is 5.91 Å². The summed E-state index contributed by atoms with van der Waals surface area (Å²) in [7, 11) is -3.11. The second-order valence-corrected chi connectivity index (χ2v) is 8.85. The number of para-hydroxylation sites is 1. The maximum absolute atomic E-state index is 12.4. The molecule has 2 aromatic rings. The van der Waals surface area contributed by atoms with Crippen molar-refractivity contribution in [3.8, 4) is 0 Å². The van der Waals surface area contributed by atoms with Crippen LogP contribution in [-0.4, -0.2) is 55.5 Å². The van der Waals surface area contributed by atoms with E-state index in [0.717, 1.165) is 11.3 Å². The fourth-order valence-corrected chi connectivity index (χ4v) is 4.23. The first-order valence-corrected chi connectivity index (χ1v) is 10.7. The summed E-state index contributed by atoms with van der Waals surface area (Å²) in [6.07, 6.45) is 0. The third-order valence-corrected chi connectivity index (χ3v) is 6.60. The quantitative estimate of drug-likeness (QED) is 0.826. The molecule has 0 spiro atoms. The highest BCUT2D eigenvalue weighted by atomic mass is 32.2. The number of benzene rings is 2. The van der Waals surface area contributed by atoms with E-state index in [2.05, 4.69) is 10.2 Å². The third-order valence-electron chi connectivity index (χ3n) is 4.72. The van der Waals surface area contributed by atoms with Crippen LogP contribution in [0.3, 0.4) is 0 Å². The average molecular weight is 388 g/mol. The van der Waals surface area contributed by atoms with Crippen LogP contribution < -0.4 is 5.32 Å². The Bertz CT molecular complexity index is 876. The predicted octanol–water partition coefficient (Wildman–Crippen LogP) is 2.41. The van der Waals surface area contributed by atoms with Gasteiger partial charge in [-0.25, -0.2) is 8.42 Å². The van der Waals surface area contributed by atoms with E-state index in [1.165, 1.54) is 0 Å². The van der Waals surface area contributed by atoms with Crippen molar-refractivity contribution in [2.45, 2.75) is 13.5 Å². The third kappa shape index (κ3) is 5.15. The van der Waals surface area contributed by atoms with Gasteiger partial charge in [0.05, 0.1) is 5.75 Å². The van der Waals surface area contributed by atoms with Crippen molar-refractivity contribution >= 4 is 21.6 Å². The molecule has 0 aromatic heterocycles. The molecule has 0 atom stereocenters. The Kier molecular flexibility index (Phi) is 6.26. The lowest BCUT2D eigenvalue weighted by Gasteiger charge is -2.33. The topological polar surface area (TPSA) is 69.7 Å². The molecule has 1 aliphatic rings. The number of sulfonamides is 1. The number of amides is 1. The first kappa shape index (κ1) is 19.5. The molecule has 1 amide bonds. The zero-order valence-electron chi connectivity index (χ0n) is 15.5. The lowest BCUT2D eigenvalue weighted by molar-refractivity contribution is 0.102. The Morgan fingerprint density at radius 2 is 1.70 bits per heavy atom. The minimum atomic E-state index is -3.11. The Labute approximate surface area is 160 Å². The minimum absolute atomic E-state index is 0.137. The molecule has 0 radical (unpaired) electrons. The Hall–Kier alpha value is -2.22. The molecule has 0 aliphatic carbocycles. The second kappa shape index (κ2) is 8.65. The molecule has 0 bridgehead atoms. The summed E-state index contributed by atoms with van der Waals surface area (Å²) in [5.41, 5.74) is 2.42. The van der Waals surface area contributed by atoms with Crippen LogP contribution in [-0.2, 0) is 16.6 Å². The van der Waals surface area contributed by atoms with Gasteiger partial charge in [0, 0.05) is 44.0 Å². The number of rotatable bonds is 6. The summed E-state index contributed by atoms with van der Waals surface area (Å²) in [6.45, 7) is 4.80. The number of nitrogens with zero attached hydrogens (tertiary/aromatic N) is 2. The molecule has 6 nitrogen and oxygen atoms in total. The zero-order chi connectivity index (χ0) is 19.3. The molecule has 1 heterocycles. The van der Waals surface area contributed by atoms with Gasteiger partial charge in [-0.05, 0) is 36.8 Å². The van der Waals surface area contributed by atoms with E-state index in [1.807, 2.05) is 48.5 Å². The van der Waals surface area contributed by atoms with Gasteiger partial charge in [-0.2, -0.15) is 4.31 Å². The Morgan fingerprint density at radius 1 is 1.00 bits per heavy atom. The van der Waals surface area contributed by atoms with Gasteiger partial charge in [0.1, 0.15) is 0 Å². The predicted molar refractivity (Wildman–Crippen MR) is 107 cm³/mol. The van der Waals surface area contributed by atoms with Crippen LogP contribution >= 0.6 is 0 Å². The van der Waals surface area contributed by atoms with Crippen molar-refractivity contribution in [3.63, 3.8) is 0 Å². The maximum atomic E-state index is 12.4. The molecule has 27 heavy (non-hydrogen) atoms. The molecule has 0 saturated carbocycles. The summed E-state index contributed by atoms with van der Waals surface area (Å²) in [4.78, 5) is 14.7. The van der Waals surface area contributed by atoms with Crippen molar-refractivity contribution in [2.24, 2.45) is 0 Å². The van der Waals surface area contributed by atoms with Gasteiger partial charge in [-0.1, -0.05) is 30.3 Å². The lowest BCUT2D eigenvalue weighted by Crippen LogP contribution is -2.48. The van der Waals surface area contributed by atoms with E-state index in [-0.39, 0.29) is 11.7 Å². The lowest BCUT2D eigenvalue weighted by atomic mass is 10.1. The standard InChI is InChI=1S/C20H25N3O3S/c1-2-27(25,26)23-13-11-22(12-14-23)16-17-7-6-8-18(15-17)20(24)21-19-9-4-3-5-10-19/h3-10,15H,2,11-14,16H2,1H3,(H,21,24). The Morgan fingerprint density at radius 3 is 2.37 bits per heavy atom. The number of hydrogen-bond acceptors (Lipinski definition) is 4. The van der Waals surface area contributed by atoms with Crippen molar-refractivity contribution in [3.05, 3.63) is 65.7 Å². The minimum Gasteiger partial charge on any atom is -0.322 e. The molecular weight excluding hydrogens is 362 g/mol. The molecule has 2 aromatic carbocycles. The first-order valence-electron chi connectivity index (χ1n) is 9.13. The van der Waals surface area contributed by atoms with E-state index >= 15 is 0 Å². The van der Waals surface area contributed by atoms with Crippen LogP contribution in [0.5, 0.6) is 0 Å². The smallest absolute Gasteiger partial charge is 0.255 e. The van der Waals surface area contributed by atoms with E-state index in [0.29, 0.717) is 38.3 Å². The van der Waals surface area contributed by atoms with Gasteiger partial charge >= 0.3 is 0 Å². The van der Waals surface area contributed by atoms with Crippen LogP contribution in [0.2, 0.25) is 0 Å². The van der Waals surface area contributed by atoms with Crippen LogP contribution in [0, 0.1) is 0 Å². The number of anilines is 1. The molecule has 7 heteroatoms. The molecule has 1 aliphatic heterocycles. The van der Waals surface area contributed by atoms with E-state index < -0.39 is 10.0 Å². The van der Waals surface area contributed by atoms with E-state index in [9.17, 15) is 13.2 Å². The molecule has 1 fully saturated rings. The molecule has 1 saturated heterocycles. The highest BCUT2D eigenvalue weighted by Gasteiger charge is 2.25. The fourth-order valence-electron chi connectivity index (χ4n) is 3.14. The SMILES string of the molecule is CCS(=O)(=O)N1CCN(Cc2cccc(C(=O)Nc3ccccc3)c2)CC1. The monoisotopic (exact) mass is 387 g/mol. The summed E-state index contributed by atoms with van der Waals surface area (Å²) in [5.74, 6) is 0.00729. The van der Waals surface area contributed by atoms with Gasteiger partial charge in [-0.3, -0.25) is 9.69 Å². The van der Waals surface area contributed by atoms with Gasteiger partial charge in [0.15, 0.2) is 0 Å².